The van der Waals surface area contributed by atoms with Crippen molar-refractivity contribution >= 4 is 17.7 Å². The van der Waals surface area contributed by atoms with Gasteiger partial charge in [-0.2, -0.15) is 0 Å². The van der Waals surface area contributed by atoms with Gasteiger partial charge in [0.1, 0.15) is 5.25 Å². The zero-order valence-corrected chi connectivity index (χ0v) is 11.3. The molecule has 1 aromatic rings. The Hall–Kier alpha value is -1.10. The van der Waals surface area contributed by atoms with Crippen LogP contribution in [0.15, 0.2) is 11.2 Å². The fourth-order valence-electron chi connectivity index (χ4n) is 1.50. The standard InChI is InChI=1S/C12H18N2O2S/c1-4-5-6-10(11(15)16)17-12-13-8(2)7-9(3)14-12/h7,10H,4-6H2,1-3H3,(H,15,16)/t10-/m0/s1. The van der Waals surface area contributed by atoms with E-state index in [1.54, 1.807) is 0 Å². The average molecular weight is 254 g/mol. The van der Waals surface area contributed by atoms with Crippen molar-refractivity contribution in [2.45, 2.75) is 50.4 Å². The zero-order valence-electron chi connectivity index (χ0n) is 10.4. The number of rotatable bonds is 6. The first-order valence-electron chi connectivity index (χ1n) is 5.74. The lowest BCUT2D eigenvalue weighted by Crippen LogP contribution is -2.16. The van der Waals surface area contributed by atoms with Crippen LogP contribution in [0.4, 0.5) is 0 Å². The Morgan fingerprint density at radius 3 is 2.47 bits per heavy atom. The van der Waals surface area contributed by atoms with Gasteiger partial charge in [0.2, 0.25) is 0 Å². The van der Waals surface area contributed by atoms with Gasteiger partial charge >= 0.3 is 5.97 Å². The lowest BCUT2D eigenvalue weighted by Gasteiger charge is -2.10. The molecule has 0 radical (unpaired) electrons. The SMILES string of the molecule is CCCC[C@H](Sc1nc(C)cc(C)n1)C(=O)O. The van der Waals surface area contributed by atoms with Crippen LogP contribution in [0.1, 0.15) is 37.6 Å². The summed E-state index contributed by atoms with van der Waals surface area (Å²) in [5.41, 5.74) is 1.75. The van der Waals surface area contributed by atoms with Gasteiger partial charge in [0, 0.05) is 11.4 Å². The van der Waals surface area contributed by atoms with E-state index in [9.17, 15) is 4.79 Å². The molecule has 0 saturated carbocycles. The maximum Gasteiger partial charge on any atom is 0.317 e. The molecule has 0 fully saturated rings. The Balaban J connectivity index is 2.74. The maximum absolute atomic E-state index is 11.1. The van der Waals surface area contributed by atoms with Gasteiger partial charge in [-0.05, 0) is 26.3 Å². The van der Waals surface area contributed by atoms with Gasteiger partial charge in [0.15, 0.2) is 5.16 Å². The van der Waals surface area contributed by atoms with E-state index in [2.05, 4.69) is 16.9 Å². The summed E-state index contributed by atoms with van der Waals surface area (Å²) < 4.78 is 0. The molecule has 0 aromatic carbocycles. The van der Waals surface area contributed by atoms with Gasteiger partial charge in [0.25, 0.3) is 0 Å². The molecule has 1 aromatic heterocycles. The third-order valence-electron chi connectivity index (χ3n) is 2.30. The number of carboxylic acids is 1. The Bertz CT molecular complexity index is 376. The second-order valence-electron chi connectivity index (χ2n) is 4.02. The number of thioether (sulfide) groups is 1. The molecule has 17 heavy (non-hydrogen) atoms. The molecule has 94 valence electrons. The molecule has 0 bridgehead atoms. The molecule has 0 amide bonds. The molecule has 4 nitrogen and oxygen atoms in total. The van der Waals surface area contributed by atoms with Crippen LogP contribution in [0.2, 0.25) is 0 Å². The van der Waals surface area contributed by atoms with Crippen molar-refractivity contribution in [1.29, 1.82) is 0 Å². The third kappa shape index (κ3) is 4.73. The third-order valence-corrected chi connectivity index (χ3v) is 3.42. The second kappa shape index (κ2) is 6.59. The first-order valence-corrected chi connectivity index (χ1v) is 6.62. The van der Waals surface area contributed by atoms with Crippen molar-refractivity contribution in [2.75, 3.05) is 0 Å². The van der Waals surface area contributed by atoms with Gasteiger partial charge in [-0.1, -0.05) is 31.5 Å². The summed E-state index contributed by atoms with van der Waals surface area (Å²) in [5, 5.41) is 9.24. The normalized spacial score (nSPS) is 12.4. The first-order chi connectivity index (χ1) is 8.02. The van der Waals surface area contributed by atoms with Crippen LogP contribution in [0.5, 0.6) is 0 Å². The zero-order chi connectivity index (χ0) is 12.8. The number of carbonyl (C=O) groups is 1. The number of aryl methyl sites for hydroxylation is 2. The minimum Gasteiger partial charge on any atom is -0.480 e. The predicted molar refractivity (Wildman–Crippen MR) is 68.3 cm³/mol. The minimum absolute atomic E-state index is 0.448. The summed E-state index contributed by atoms with van der Waals surface area (Å²) in [6, 6.07) is 1.88. The average Bonchev–Trinajstić information content (AvgIpc) is 2.22. The number of hydrogen-bond acceptors (Lipinski definition) is 4. The largest absolute Gasteiger partial charge is 0.480 e. The predicted octanol–water partition coefficient (Wildman–Crippen LogP) is 2.83. The molecule has 5 heteroatoms. The van der Waals surface area contributed by atoms with Crippen molar-refractivity contribution < 1.29 is 9.90 Å². The van der Waals surface area contributed by atoms with Gasteiger partial charge in [0.05, 0.1) is 0 Å². The van der Waals surface area contributed by atoms with Crippen molar-refractivity contribution in [2.24, 2.45) is 0 Å². The molecule has 1 heterocycles. The highest BCUT2D eigenvalue weighted by Gasteiger charge is 2.19. The van der Waals surface area contributed by atoms with E-state index < -0.39 is 11.2 Å². The van der Waals surface area contributed by atoms with Crippen molar-refractivity contribution in [3.05, 3.63) is 17.5 Å². The van der Waals surface area contributed by atoms with Crippen LogP contribution in [-0.2, 0) is 4.79 Å². The Morgan fingerprint density at radius 2 is 2.00 bits per heavy atom. The van der Waals surface area contributed by atoms with Crippen molar-refractivity contribution in [3.8, 4) is 0 Å². The summed E-state index contributed by atoms with van der Waals surface area (Å²) in [7, 11) is 0. The smallest absolute Gasteiger partial charge is 0.317 e. The highest BCUT2D eigenvalue weighted by atomic mass is 32.2. The molecule has 1 atom stereocenters. The van der Waals surface area contributed by atoms with Crippen molar-refractivity contribution in [3.63, 3.8) is 0 Å². The molecule has 0 spiro atoms. The summed E-state index contributed by atoms with van der Waals surface area (Å²) in [4.78, 5) is 19.6. The highest BCUT2D eigenvalue weighted by molar-refractivity contribution is 8.00. The maximum atomic E-state index is 11.1. The number of nitrogens with zero attached hydrogens (tertiary/aromatic N) is 2. The molecule has 0 aliphatic carbocycles. The lowest BCUT2D eigenvalue weighted by atomic mass is 10.2. The van der Waals surface area contributed by atoms with E-state index in [4.69, 9.17) is 5.11 Å². The molecule has 0 aliphatic rings. The first kappa shape index (κ1) is 14.0. The number of unbranched alkanes of at least 4 members (excludes halogenated alkanes) is 1. The minimum atomic E-state index is -0.786. The van der Waals surface area contributed by atoms with Crippen LogP contribution in [-0.4, -0.2) is 26.3 Å². The van der Waals surface area contributed by atoms with Gasteiger partial charge in [-0.25, -0.2) is 9.97 Å². The van der Waals surface area contributed by atoms with E-state index in [0.29, 0.717) is 11.6 Å². The Kier molecular flexibility index (Phi) is 5.41. The quantitative estimate of drug-likeness (QED) is 0.624. The van der Waals surface area contributed by atoms with E-state index >= 15 is 0 Å². The molecular weight excluding hydrogens is 236 g/mol. The Labute approximate surface area is 106 Å². The summed E-state index contributed by atoms with van der Waals surface area (Å²) >= 11 is 1.24. The van der Waals surface area contributed by atoms with Crippen LogP contribution in [0.25, 0.3) is 0 Å². The molecule has 1 rings (SSSR count). The Morgan fingerprint density at radius 1 is 1.41 bits per heavy atom. The van der Waals surface area contributed by atoms with E-state index in [1.807, 2.05) is 19.9 Å². The van der Waals surface area contributed by atoms with E-state index in [1.165, 1.54) is 11.8 Å². The van der Waals surface area contributed by atoms with Gasteiger partial charge in [-0.3, -0.25) is 4.79 Å². The van der Waals surface area contributed by atoms with Crippen molar-refractivity contribution in [1.82, 2.24) is 9.97 Å². The monoisotopic (exact) mass is 254 g/mol. The lowest BCUT2D eigenvalue weighted by molar-refractivity contribution is -0.136. The molecular formula is C12H18N2O2S. The number of carboxylic acid groups (broad SMARTS) is 1. The highest BCUT2D eigenvalue weighted by Crippen LogP contribution is 2.24. The summed E-state index contributed by atoms with van der Waals surface area (Å²) in [6.45, 7) is 5.83. The molecule has 1 N–H and O–H groups in total. The molecule has 0 aliphatic heterocycles. The van der Waals surface area contributed by atoms with Crippen LogP contribution in [0.3, 0.4) is 0 Å². The van der Waals surface area contributed by atoms with Crippen LogP contribution >= 0.6 is 11.8 Å². The number of aromatic nitrogens is 2. The van der Waals surface area contributed by atoms with E-state index in [-0.39, 0.29) is 0 Å². The fraction of sp³-hybridized carbons (Fsp3) is 0.583. The topological polar surface area (TPSA) is 63.1 Å². The van der Waals surface area contributed by atoms with Gasteiger partial charge in [-0.15, -0.1) is 0 Å². The summed E-state index contributed by atoms with van der Waals surface area (Å²) in [5.74, 6) is -0.786. The van der Waals surface area contributed by atoms with Crippen LogP contribution in [0, 0.1) is 13.8 Å². The molecule has 0 saturated heterocycles. The second-order valence-corrected chi connectivity index (χ2v) is 5.19. The summed E-state index contributed by atoms with van der Waals surface area (Å²) in [6.07, 6.45) is 2.57. The van der Waals surface area contributed by atoms with Crippen LogP contribution < -0.4 is 0 Å². The van der Waals surface area contributed by atoms with E-state index in [0.717, 1.165) is 24.2 Å². The molecule has 0 unspecified atom stereocenters. The fourth-order valence-corrected chi connectivity index (χ4v) is 2.53. The van der Waals surface area contributed by atoms with Gasteiger partial charge < -0.3 is 5.11 Å². The number of aliphatic carboxylic acids is 1. The number of hydrogen-bond donors (Lipinski definition) is 1.